The summed E-state index contributed by atoms with van der Waals surface area (Å²) in [5, 5.41) is 19.5. The van der Waals surface area contributed by atoms with Gasteiger partial charge >= 0.3 is 0 Å². The normalized spacial score (nSPS) is 11.2. The molecule has 1 heterocycles. The standard InChI is InChI=1S/C19H24N4OS/c1-19(2,3)14-8-6-13(7-9-14)16-15(12-20)17(23(4)10-11-24)22-18(21-16)25-5/h6-9,24H,10-11H2,1-5H3. The fourth-order valence-electron chi connectivity index (χ4n) is 2.49. The van der Waals surface area contributed by atoms with Crippen molar-refractivity contribution in [2.45, 2.75) is 31.3 Å². The average Bonchev–Trinajstić information content (AvgIpc) is 2.60. The molecule has 1 aromatic carbocycles. The van der Waals surface area contributed by atoms with E-state index in [1.165, 1.54) is 17.3 Å². The van der Waals surface area contributed by atoms with Gasteiger partial charge in [0.1, 0.15) is 11.6 Å². The Bertz CT molecular complexity index is 776. The number of benzene rings is 1. The second-order valence-electron chi connectivity index (χ2n) is 6.84. The Morgan fingerprint density at radius 2 is 1.84 bits per heavy atom. The molecule has 0 radical (unpaired) electrons. The highest BCUT2D eigenvalue weighted by molar-refractivity contribution is 7.98. The van der Waals surface area contributed by atoms with E-state index < -0.39 is 0 Å². The Balaban J connectivity index is 2.60. The highest BCUT2D eigenvalue weighted by Gasteiger charge is 2.19. The maximum absolute atomic E-state index is 9.70. The Morgan fingerprint density at radius 3 is 2.32 bits per heavy atom. The van der Waals surface area contributed by atoms with E-state index >= 15 is 0 Å². The van der Waals surface area contributed by atoms with E-state index in [4.69, 9.17) is 0 Å². The first-order valence-electron chi connectivity index (χ1n) is 8.11. The van der Waals surface area contributed by atoms with Gasteiger partial charge < -0.3 is 10.0 Å². The smallest absolute Gasteiger partial charge is 0.189 e. The van der Waals surface area contributed by atoms with E-state index in [9.17, 15) is 10.4 Å². The third kappa shape index (κ3) is 4.30. The second-order valence-corrected chi connectivity index (χ2v) is 7.62. The number of rotatable bonds is 5. The maximum Gasteiger partial charge on any atom is 0.189 e. The molecule has 0 spiro atoms. The van der Waals surface area contributed by atoms with Crippen LogP contribution in [0, 0.1) is 11.3 Å². The molecule has 0 aliphatic carbocycles. The molecule has 1 N–H and O–H groups in total. The first kappa shape index (κ1) is 19.2. The van der Waals surface area contributed by atoms with Crippen molar-refractivity contribution in [2.75, 3.05) is 31.4 Å². The largest absolute Gasteiger partial charge is 0.395 e. The number of aliphatic hydroxyl groups is 1. The van der Waals surface area contributed by atoms with Crippen LogP contribution in [-0.2, 0) is 5.41 Å². The van der Waals surface area contributed by atoms with Crippen molar-refractivity contribution >= 4 is 17.6 Å². The number of nitriles is 1. The predicted molar refractivity (Wildman–Crippen MR) is 103 cm³/mol. The molecule has 0 saturated heterocycles. The van der Waals surface area contributed by atoms with Gasteiger partial charge in [-0.25, -0.2) is 9.97 Å². The Morgan fingerprint density at radius 1 is 1.20 bits per heavy atom. The lowest BCUT2D eigenvalue weighted by atomic mass is 9.86. The van der Waals surface area contributed by atoms with Gasteiger partial charge in [-0.2, -0.15) is 5.26 Å². The third-order valence-electron chi connectivity index (χ3n) is 3.99. The summed E-state index contributed by atoms with van der Waals surface area (Å²) in [5.41, 5.74) is 3.24. The number of likely N-dealkylation sites (N-methyl/N-ethyl adjacent to an activating group) is 1. The molecule has 0 bridgehead atoms. The van der Waals surface area contributed by atoms with Crippen molar-refractivity contribution in [3.8, 4) is 17.3 Å². The zero-order valence-electron chi connectivity index (χ0n) is 15.4. The fraction of sp³-hybridized carbons (Fsp3) is 0.421. The van der Waals surface area contributed by atoms with Gasteiger partial charge in [-0.15, -0.1) is 0 Å². The van der Waals surface area contributed by atoms with Crippen LogP contribution in [0.5, 0.6) is 0 Å². The average molecular weight is 356 g/mol. The van der Waals surface area contributed by atoms with Crippen LogP contribution >= 0.6 is 11.8 Å². The highest BCUT2D eigenvalue weighted by Crippen LogP contribution is 2.31. The van der Waals surface area contributed by atoms with Gasteiger partial charge in [0.25, 0.3) is 0 Å². The Kier molecular flexibility index (Phi) is 6.04. The molecular formula is C19H24N4OS. The first-order chi connectivity index (χ1) is 11.8. The summed E-state index contributed by atoms with van der Waals surface area (Å²) in [4.78, 5) is 10.8. The molecule has 0 saturated carbocycles. The minimum atomic E-state index is -0.00438. The van der Waals surface area contributed by atoms with Crippen molar-refractivity contribution in [3.05, 3.63) is 35.4 Å². The van der Waals surface area contributed by atoms with E-state index in [1.807, 2.05) is 25.4 Å². The monoisotopic (exact) mass is 356 g/mol. The highest BCUT2D eigenvalue weighted by atomic mass is 32.2. The summed E-state index contributed by atoms with van der Waals surface area (Å²) in [7, 11) is 1.82. The van der Waals surface area contributed by atoms with E-state index in [0.717, 1.165) is 5.56 Å². The molecule has 0 atom stereocenters. The molecule has 0 unspecified atom stereocenters. The number of thioether (sulfide) groups is 1. The van der Waals surface area contributed by atoms with Gasteiger partial charge in [0, 0.05) is 19.2 Å². The van der Waals surface area contributed by atoms with Crippen LogP contribution in [0.3, 0.4) is 0 Å². The maximum atomic E-state index is 9.70. The van der Waals surface area contributed by atoms with Crippen LogP contribution in [0.4, 0.5) is 5.82 Å². The van der Waals surface area contributed by atoms with Gasteiger partial charge in [0.15, 0.2) is 11.0 Å². The van der Waals surface area contributed by atoms with Gasteiger partial charge in [-0.3, -0.25) is 0 Å². The summed E-state index contributed by atoms with van der Waals surface area (Å²) in [6.45, 7) is 6.90. The molecule has 0 amide bonds. The Labute approximate surface area is 153 Å². The van der Waals surface area contributed by atoms with Crippen LogP contribution in [-0.4, -0.2) is 41.5 Å². The fourth-order valence-corrected chi connectivity index (χ4v) is 2.85. The summed E-state index contributed by atoms with van der Waals surface area (Å²) >= 11 is 1.43. The van der Waals surface area contributed by atoms with E-state index in [0.29, 0.717) is 28.8 Å². The quantitative estimate of drug-likeness (QED) is 0.653. The lowest BCUT2D eigenvalue weighted by molar-refractivity contribution is 0.303. The number of aliphatic hydroxyl groups excluding tert-OH is 1. The third-order valence-corrected chi connectivity index (χ3v) is 4.53. The molecule has 0 aliphatic heterocycles. The molecule has 25 heavy (non-hydrogen) atoms. The van der Waals surface area contributed by atoms with Crippen LogP contribution in [0.25, 0.3) is 11.3 Å². The summed E-state index contributed by atoms with van der Waals surface area (Å²) < 4.78 is 0. The number of aromatic nitrogens is 2. The Hall–Kier alpha value is -2.10. The van der Waals surface area contributed by atoms with Crippen LogP contribution in [0.2, 0.25) is 0 Å². The topological polar surface area (TPSA) is 73.0 Å². The molecular weight excluding hydrogens is 332 g/mol. The molecule has 5 nitrogen and oxygen atoms in total. The van der Waals surface area contributed by atoms with Gasteiger partial charge in [0.05, 0.1) is 12.3 Å². The molecule has 0 fully saturated rings. The van der Waals surface area contributed by atoms with Crippen LogP contribution < -0.4 is 4.90 Å². The minimum Gasteiger partial charge on any atom is -0.395 e. The van der Waals surface area contributed by atoms with Crippen molar-refractivity contribution in [2.24, 2.45) is 0 Å². The number of hydrogen-bond donors (Lipinski definition) is 1. The lowest BCUT2D eigenvalue weighted by Crippen LogP contribution is -2.24. The minimum absolute atomic E-state index is 0.00438. The zero-order valence-corrected chi connectivity index (χ0v) is 16.2. The van der Waals surface area contributed by atoms with E-state index in [2.05, 4.69) is 48.9 Å². The zero-order chi connectivity index (χ0) is 18.6. The summed E-state index contributed by atoms with van der Waals surface area (Å²) in [6.07, 6.45) is 1.91. The second kappa shape index (κ2) is 7.85. The SMILES string of the molecule is CSc1nc(-c2ccc(C(C)(C)C)cc2)c(C#N)c(N(C)CCO)n1. The van der Waals surface area contributed by atoms with Gasteiger partial charge in [0.2, 0.25) is 0 Å². The first-order valence-corrected chi connectivity index (χ1v) is 9.33. The molecule has 0 aliphatic rings. The van der Waals surface area contributed by atoms with Gasteiger partial charge in [-0.05, 0) is 17.2 Å². The lowest BCUT2D eigenvalue weighted by Gasteiger charge is -2.21. The number of nitrogens with zero attached hydrogens (tertiary/aromatic N) is 4. The van der Waals surface area contributed by atoms with Crippen molar-refractivity contribution in [1.29, 1.82) is 5.26 Å². The van der Waals surface area contributed by atoms with E-state index in [1.54, 1.807) is 4.90 Å². The predicted octanol–water partition coefficient (Wildman–Crippen LogP) is 3.46. The van der Waals surface area contributed by atoms with Gasteiger partial charge in [-0.1, -0.05) is 56.8 Å². The van der Waals surface area contributed by atoms with Crippen molar-refractivity contribution in [1.82, 2.24) is 9.97 Å². The van der Waals surface area contributed by atoms with Crippen molar-refractivity contribution < 1.29 is 5.11 Å². The van der Waals surface area contributed by atoms with E-state index in [-0.39, 0.29) is 12.0 Å². The summed E-state index contributed by atoms with van der Waals surface area (Å²) in [6, 6.07) is 10.4. The van der Waals surface area contributed by atoms with Crippen LogP contribution in [0.15, 0.2) is 29.4 Å². The van der Waals surface area contributed by atoms with Crippen molar-refractivity contribution in [3.63, 3.8) is 0 Å². The van der Waals surface area contributed by atoms with Crippen LogP contribution in [0.1, 0.15) is 31.9 Å². The number of hydrogen-bond acceptors (Lipinski definition) is 6. The molecule has 132 valence electrons. The summed E-state index contributed by atoms with van der Waals surface area (Å²) in [5.74, 6) is 0.547. The molecule has 2 rings (SSSR count). The molecule has 6 heteroatoms. The number of anilines is 1. The molecule has 1 aromatic heterocycles. The molecule has 2 aromatic rings.